The van der Waals surface area contributed by atoms with E-state index in [9.17, 15) is 5.11 Å². The normalized spacial score (nSPS) is 18.2. The molecule has 4 rings (SSSR count). The van der Waals surface area contributed by atoms with Gasteiger partial charge >= 0.3 is 0 Å². The van der Waals surface area contributed by atoms with Crippen molar-refractivity contribution >= 4 is 5.65 Å². The van der Waals surface area contributed by atoms with Gasteiger partial charge in [-0.15, -0.1) is 0 Å². The minimum Gasteiger partial charge on any atom is -0.508 e. The highest BCUT2D eigenvalue weighted by Gasteiger charge is 2.23. The first-order valence-electron chi connectivity index (χ1n) is 9.93. The fourth-order valence-electron chi connectivity index (χ4n) is 4.29. The van der Waals surface area contributed by atoms with Gasteiger partial charge in [-0.05, 0) is 69.8 Å². The average Bonchev–Trinajstić information content (AvgIpc) is 3.04. The van der Waals surface area contributed by atoms with Gasteiger partial charge in [-0.3, -0.25) is 4.90 Å². The zero-order valence-electron chi connectivity index (χ0n) is 16.2. The van der Waals surface area contributed by atoms with Gasteiger partial charge in [-0.1, -0.05) is 18.6 Å². The van der Waals surface area contributed by atoms with E-state index >= 15 is 0 Å². The van der Waals surface area contributed by atoms with Crippen LogP contribution in [0.4, 0.5) is 0 Å². The van der Waals surface area contributed by atoms with Crippen LogP contribution in [0, 0.1) is 13.8 Å². The molecule has 3 aromatic rings. The Balaban J connectivity index is 1.49. The quantitative estimate of drug-likeness (QED) is 0.742. The molecule has 5 heteroatoms. The fourth-order valence-corrected chi connectivity index (χ4v) is 4.29. The summed E-state index contributed by atoms with van der Waals surface area (Å²) in [4.78, 5) is 7.34. The Morgan fingerprint density at radius 1 is 1.19 bits per heavy atom. The molecule has 0 saturated carbocycles. The number of hydrogen-bond acceptors (Lipinski definition) is 4. The highest BCUT2D eigenvalue weighted by Crippen LogP contribution is 2.25. The van der Waals surface area contributed by atoms with Crippen molar-refractivity contribution in [2.45, 2.75) is 58.5 Å². The Hall–Kier alpha value is -2.40. The van der Waals surface area contributed by atoms with E-state index in [-0.39, 0.29) is 0 Å². The molecular weight excluding hydrogens is 336 g/mol. The largest absolute Gasteiger partial charge is 0.508 e. The predicted molar refractivity (Wildman–Crippen MR) is 107 cm³/mol. The molecule has 0 unspecified atom stereocenters. The molecule has 3 heterocycles. The van der Waals surface area contributed by atoms with Crippen molar-refractivity contribution in [2.75, 3.05) is 6.54 Å². The van der Waals surface area contributed by atoms with Crippen molar-refractivity contribution in [1.29, 1.82) is 0 Å². The van der Waals surface area contributed by atoms with Crippen LogP contribution in [-0.2, 0) is 13.0 Å². The van der Waals surface area contributed by atoms with Crippen molar-refractivity contribution in [3.05, 3.63) is 59.0 Å². The average molecular weight is 364 g/mol. The summed E-state index contributed by atoms with van der Waals surface area (Å²) < 4.78 is 1.95. The second kappa shape index (κ2) is 7.69. The second-order valence-corrected chi connectivity index (χ2v) is 7.77. The van der Waals surface area contributed by atoms with Crippen molar-refractivity contribution in [2.24, 2.45) is 0 Å². The number of phenols is 1. The molecule has 0 spiro atoms. The fraction of sp³-hybridized carbons (Fsp3) is 0.455. The lowest BCUT2D eigenvalue weighted by molar-refractivity contribution is 0.133. The lowest BCUT2D eigenvalue weighted by Gasteiger charge is -2.35. The molecule has 1 aromatic carbocycles. The van der Waals surface area contributed by atoms with Gasteiger partial charge in [0, 0.05) is 29.5 Å². The summed E-state index contributed by atoms with van der Waals surface area (Å²) in [6, 6.07) is 10.3. The van der Waals surface area contributed by atoms with Crippen LogP contribution in [0.1, 0.15) is 48.2 Å². The van der Waals surface area contributed by atoms with Crippen molar-refractivity contribution < 1.29 is 5.11 Å². The zero-order valence-corrected chi connectivity index (χ0v) is 16.2. The first-order valence-corrected chi connectivity index (χ1v) is 9.93. The number of likely N-dealkylation sites (tertiary alicyclic amines) is 1. The molecule has 1 N–H and O–H groups in total. The Labute approximate surface area is 160 Å². The van der Waals surface area contributed by atoms with E-state index in [1.165, 1.54) is 30.4 Å². The molecule has 1 fully saturated rings. The molecule has 1 atom stereocenters. The second-order valence-electron chi connectivity index (χ2n) is 7.77. The topological polar surface area (TPSA) is 53.7 Å². The number of rotatable bonds is 5. The molecule has 0 amide bonds. The highest BCUT2D eigenvalue weighted by atomic mass is 16.3. The number of aryl methyl sites for hydroxylation is 3. The van der Waals surface area contributed by atoms with Gasteiger partial charge in [-0.2, -0.15) is 5.10 Å². The molecule has 1 aliphatic rings. The molecule has 1 aliphatic heterocycles. The summed E-state index contributed by atoms with van der Waals surface area (Å²) in [5, 5.41) is 14.2. The molecule has 142 valence electrons. The summed E-state index contributed by atoms with van der Waals surface area (Å²) in [5.41, 5.74) is 5.59. The van der Waals surface area contributed by atoms with E-state index in [1.807, 2.05) is 29.8 Å². The number of nitrogens with zero attached hydrogens (tertiary/aromatic N) is 4. The van der Waals surface area contributed by atoms with Crippen LogP contribution in [0.15, 0.2) is 36.5 Å². The first-order chi connectivity index (χ1) is 13.1. The number of hydrogen-bond donors (Lipinski definition) is 1. The Morgan fingerprint density at radius 2 is 2.07 bits per heavy atom. The van der Waals surface area contributed by atoms with E-state index in [4.69, 9.17) is 4.98 Å². The standard InChI is InChI=1S/C22H28N4O/c1-16-12-17(2)26-22(24-16)19(14-23-26)15-25-11-4-3-7-20(25)10-9-18-6-5-8-21(27)13-18/h5-6,8,12-14,20,27H,3-4,7,9-11,15H2,1-2H3/t20-/m1/s1. The lowest BCUT2D eigenvalue weighted by atomic mass is 9.95. The Kier molecular flexibility index (Phi) is 5.12. The summed E-state index contributed by atoms with van der Waals surface area (Å²) >= 11 is 0. The molecule has 2 aromatic heterocycles. The maximum Gasteiger partial charge on any atom is 0.159 e. The highest BCUT2D eigenvalue weighted by molar-refractivity contribution is 5.47. The minimum atomic E-state index is 0.358. The van der Waals surface area contributed by atoms with E-state index in [2.05, 4.69) is 29.1 Å². The van der Waals surface area contributed by atoms with Crippen molar-refractivity contribution in [1.82, 2.24) is 19.5 Å². The third kappa shape index (κ3) is 3.98. The van der Waals surface area contributed by atoms with E-state index in [1.54, 1.807) is 6.07 Å². The van der Waals surface area contributed by atoms with Gasteiger partial charge in [-0.25, -0.2) is 9.50 Å². The minimum absolute atomic E-state index is 0.358. The number of piperidine rings is 1. The summed E-state index contributed by atoms with van der Waals surface area (Å²) in [6.07, 6.45) is 7.90. The van der Waals surface area contributed by atoms with Gasteiger partial charge in [0.1, 0.15) is 5.75 Å². The number of phenolic OH excluding ortho intramolecular Hbond substituents is 1. The van der Waals surface area contributed by atoms with E-state index in [0.717, 1.165) is 43.0 Å². The Morgan fingerprint density at radius 3 is 2.93 bits per heavy atom. The van der Waals surface area contributed by atoms with Gasteiger partial charge in [0.25, 0.3) is 0 Å². The molecule has 0 aliphatic carbocycles. The smallest absolute Gasteiger partial charge is 0.159 e. The maximum absolute atomic E-state index is 9.69. The third-order valence-electron chi connectivity index (χ3n) is 5.65. The SMILES string of the molecule is Cc1cc(C)n2ncc(CN3CCCC[C@@H]3CCc3cccc(O)c3)c2n1. The van der Waals surface area contributed by atoms with Crippen LogP contribution in [-0.4, -0.2) is 37.2 Å². The number of benzene rings is 1. The van der Waals surface area contributed by atoms with Gasteiger partial charge in [0.15, 0.2) is 5.65 Å². The lowest BCUT2D eigenvalue weighted by Crippen LogP contribution is -2.39. The molecule has 27 heavy (non-hydrogen) atoms. The van der Waals surface area contributed by atoms with Gasteiger partial charge in [0.2, 0.25) is 0 Å². The predicted octanol–water partition coefficient (Wildman–Crippen LogP) is 4.04. The Bertz CT molecular complexity index is 933. The van der Waals surface area contributed by atoms with Crippen LogP contribution in [0.5, 0.6) is 5.75 Å². The number of aromatic hydroxyl groups is 1. The number of aromatic nitrogens is 3. The summed E-state index contributed by atoms with van der Waals surface area (Å²) in [7, 11) is 0. The summed E-state index contributed by atoms with van der Waals surface area (Å²) in [5.74, 6) is 0.358. The van der Waals surface area contributed by atoms with Crippen molar-refractivity contribution in [3.63, 3.8) is 0 Å². The van der Waals surface area contributed by atoms with Crippen LogP contribution in [0.2, 0.25) is 0 Å². The number of fused-ring (bicyclic) bond motifs is 1. The van der Waals surface area contributed by atoms with Gasteiger partial charge in [0.05, 0.1) is 6.20 Å². The van der Waals surface area contributed by atoms with Crippen LogP contribution < -0.4 is 0 Å². The van der Waals surface area contributed by atoms with E-state index < -0.39 is 0 Å². The molecule has 0 radical (unpaired) electrons. The van der Waals surface area contributed by atoms with Crippen molar-refractivity contribution in [3.8, 4) is 5.75 Å². The third-order valence-corrected chi connectivity index (χ3v) is 5.65. The van der Waals surface area contributed by atoms with E-state index in [0.29, 0.717) is 11.8 Å². The molecule has 1 saturated heterocycles. The van der Waals surface area contributed by atoms with Gasteiger partial charge < -0.3 is 5.11 Å². The van der Waals surface area contributed by atoms with Crippen LogP contribution in [0.3, 0.4) is 0 Å². The van der Waals surface area contributed by atoms with Crippen LogP contribution in [0.25, 0.3) is 5.65 Å². The molecule has 0 bridgehead atoms. The maximum atomic E-state index is 9.69. The first kappa shape index (κ1) is 18.0. The molecular formula is C22H28N4O. The van der Waals surface area contributed by atoms with Crippen LogP contribution >= 0.6 is 0 Å². The summed E-state index contributed by atoms with van der Waals surface area (Å²) in [6.45, 7) is 6.16. The molecule has 5 nitrogen and oxygen atoms in total. The zero-order chi connectivity index (χ0) is 18.8. The monoisotopic (exact) mass is 364 g/mol.